The van der Waals surface area contributed by atoms with Crippen molar-refractivity contribution in [3.63, 3.8) is 0 Å². The van der Waals surface area contributed by atoms with Gasteiger partial charge in [0.05, 0.1) is 12.5 Å². The molecular formula is C16H20FNO4. The van der Waals surface area contributed by atoms with Crippen LogP contribution in [0.3, 0.4) is 0 Å². The number of hydrogen-bond acceptors (Lipinski definition) is 4. The predicted octanol–water partition coefficient (Wildman–Crippen LogP) is 2.01. The highest BCUT2D eigenvalue weighted by Crippen LogP contribution is 2.19. The smallest absolute Gasteiger partial charge is 0.309 e. The first-order chi connectivity index (χ1) is 10.6. The van der Waals surface area contributed by atoms with Crippen LogP contribution >= 0.6 is 0 Å². The van der Waals surface area contributed by atoms with Crippen LogP contribution in [-0.2, 0) is 14.3 Å². The minimum atomic E-state index is -0.403. The molecule has 1 aliphatic heterocycles. The number of esters is 1. The van der Waals surface area contributed by atoms with Crippen molar-refractivity contribution in [1.29, 1.82) is 0 Å². The Morgan fingerprint density at radius 2 is 2.05 bits per heavy atom. The third-order valence-electron chi connectivity index (χ3n) is 3.63. The molecule has 0 aliphatic carbocycles. The monoisotopic (exact) mass is 309 g/mol. The standard InChI is InChI=1S/C16H20FNO4/c1-2-21-16(20)12-6-8-18(9-7-12)15(19)11-22-14-5-3-4-13(17)10-14/h3-5,10,12H,2,6-9,11H2,1H3. The number of carbonyl (C=O) groups excluding carboxylic acids is 2. The van der Waals surface area contributed by atoms with Gasteiger partial charge in [0.2, 0.25) is 0 Å². The Hall–Kier alpha value is -2.11. The van der Waals surface area contributed by atoms with Gasteiger partial charge in [-0.25, -0.2) is 4.39 Å². The van der Waals surface area contributed by atoms with Crippen LogP contribution in [0.1, 0.15) is 19.8 Å². The lowest BCUT2D eigenvalue weighted by atomic mass is 9.97. The Balaban J connectivity index is 1.76. The van der Waals surface area contributed by atoms with Crippen molar-refractivity contribution in [2.45, 2.75) is 19.8 Å². The second-order valence-electron chi connectivity index (χ2n) is 5.15. The first kappa shape index (κ1) is 16.3. The Labute approximate surface area is 129 Å². The highest BCUT2D eigenvalue weighted by molar-refractivity contribution is 5.78. The number of rotatable bonds is 5. The Bertz CT molecular complexity index is 527. The van der Waals surface area contributed by atoms with Gasteiger partial charge >= 0.3 is 5.97 Å². The number of halogens is 1. The topological polar surface area (TPSA) is 55.8 Å². The SMILES string of the molecule is CCOC(=O)C1CCN(C(=O)COc2cccc(F)c2)CC1. The third kappa shape index (κ3) is 4.44. The molecule has 5 nitrogen and oxygen atoms in total. The molecule has 0 spiro atoms. The van der Waals surface area contributed by atoms with Gasteiger partial charge in [-0.3, -0.25) is 9.59 Å². The lowest BCUT2D eigenvalue weighted by molar-refractivity contribution is -0.151. The van der Waals surface area contributed by atoms with Crippen LogP contribution in [-0.4, -0.2) is 43.1 Å². The molecule has 6 heteroatoms. The molecule has 0 N–H and O–H groups in total. The zero-order valence-electron chi connectivity index (χ0n) is 12.6. The van der Waals surface area contributed by atoms with Gasteiger partial charge < -0.3 is 14.4 Å². The molecule has 1 saturated heterocycles. The van der Waals surface area contributed by atoms with Gasteiger partial charge in [0.25, 0.3) is 5.91 Å². The molecule has 0 atom stereocenters. The fraction of sp³-hybridized carbons (Fsp3) is 0.500. The maximum Gasteiger partial charge on any atom is 0.309 e. The maximum atomic E-state index is 13.0. The number of nitrogens with zero attached hydrogens (tertiary/aromatic N) is 1. The van der Waals surface area contributed by atoms with E-state index in [1.807, 2.05) is 0 Å². The number of carbonyl (C=O) groups is 2. The summed E-state index contributed by atoms with van der Waals surface area (Å²) in [5, 5.41) is 0. The van der Waals surface area contributed by atoms with Crippen LogP contribution in [0.2, 0.25) is 0 Å². The first-order valence-corrected chi connectivity index (χ1v) is 7.43. The molecule has 1 aromatic rings. The van der Waals surface area contributed by atoms with Crippen molar-refractivity contribution in [3.05, 3.63) is 30.1 Å². The summed E-state index contributed by atoms with van der Waals surface area (Å²) in [6.45, 7) is 3.04. The Kier molecular flexibility index (Phi) is 5.75. The lowest BCUT2D eigenvalue weighted by Crippen LogP contribution is -2.42. The normalized spacial score (nSPS) is 15.5. The summed E-state index contributed by atoms with van der Waals surface area (Å²) in [6.07, 6.45) is 1.20. The summed E-state index contributed by atoms with van der Waals surface area (Å²) in [7, 11) is 0. The number of benzene rings is 1. The Morgan fingerprint density at radius 1 is 1.32 bits per heavy atom. The van der Waals surface area contributed by atoms with Crippen molar-refractivity contribution in [2.75, 3.05) is 26.3 Å². The van der Waals surface area contributed by atoms with Crippen LogP contribution in [0.25, 0.3) is 0 Å². The molecule has 1 aromatic carbocycles. The number of hydrogen-bond donors (Lipinski definition) is 0. The van der Waals surface area contributed by atoms with E-state index in [9.17, 15) is 14.0 Å². The fourth-order valence-electron chi connectivity index (χ4n) is 2.42. The molecule has 1 fully saturated rings. The van der Waals surface area contributed by atoms with Gasteiger partial charge in [-0.05, 0) is 31.9 Å². The van der Waals surface area contributed by atoms with Gasteiger partial charge in [-0.15, -0.1) is 0 Å². The lowest BCUT2D eigenvalue weighted by Gasteiger charge is -2.30. The van der Waals surface area contributed by atoms with E-state index >= 15 is 0 Å². The first-order valence-electron chi connectivity index (χ1n) is 7.43. The van der Waals surface area contributed by atoms with Gasteiger partial charge in [0.15, 0.2) is 6.61 Å². The summed E-state index contributed by atoms with van der Waals surface area (Å²) < 4.78 is 23.3. The predicted molar refractivity (Wildman–Crippen MR) is 77.8 cm³/mol. The van der Waals surface area contributed by atoms with Crippen molar-refractivity contribution in [2.24, 2.45) is 5.92 Å². The number of likely N-dealkylation sites (tertiary alicyclic amines) is 1. The second-order valence-corrected chi connectivity index (χ2v) is 5.15. The summed E-state index contributed by atoms with van der Waals surface area (Å²) >= 11 is 0. The molecule has 0 aromatic heterocycles. The molecule has 0 radical (unpaired) electrons. The van der Waals surface area contributed by atoms with Crippen molar-refractivity contribution >= 4 is 11.9 Å². The van der Waals surface area contributed by atoms with Crippen LogP contribution < -0.4 is 4.74 Å². The molecular weight excluding hydrogens is 289 g/mol. The highest BCUT2D eigenvalue weighted by Gasteiger charge is 2.28. The minimum absolute atomic E-state index is 0.131. The molecule has 0 saturated carbocycles. The van der Waals surface area contributed by atoms with E-state index in [0.717, 1.165) is 0 Å². The van der Waals surface area contributed by atoms with Crippen molar-refractivity contribution in [3.8, 4) is 5.75 Å². The summed E-state index contributed by atoms with van der Waals surface area (Å²) in [6, 6.07) is 5.68. The molecule has 2 rings (SSSR count). The number of piperidine rings is 1. The van der Waals surface area contributed by atoms with E-state index in [4.69, 9.17) is 9.47 Å². The van der Waals surface area contributed by atoms with Crippen LogP contribution in [0.5, 0.6) is 5.75 Å². The molecule has 0 unspecified atom stereocenters. The second kappa shape index (κ2) is 7.77. The van der Waals surface area contributed by atoms with E-state index in [2.05, 4.69) is 0 Å². The summed E-state index contributed by atoms with van der Waals surface area (Å²) in [4.78, 5) is 25.3. The Morgan fingerprint density at radius 3 is 2.68 bits per heavy atom. The van der Waals surface area contributed by atoms with Gasteiger partial charge in [0.1, 0.15) is 11.6 Å². The zero-order valence-corrected chi connectivity index (χ0v) is 12.6. The average Bonchev–Trinajstić information content (AvgIpc) is 2.53. The largest absolute Gasteiger partial charge is 0.484 e. The summed E-state index contributed by atoms with van der Waals surface area (Å²) in [5.74, 6) is -0.555. The molecule has 22 heavy (non-hydrogen) atoms. The molecule has 1 heterocycles. The van der Waals surface area contributed by atoms with Gasteiger partial charge in [-0.2, -0.15) is 0 Å². The molecule has 120 valence electrons. The van der Waals surface area contributed by atoms with E-state index in [1.54, 1.807) is 17.9 Å². The van der Waals surface area contributed by atoms with E-state index in [-0.39, 0.29) is 24.4 Å². The minimum Gasteiger partial charge on any atom is -0.484 e. The quantitative estimate of drug-likeness (QED) is 0.781. The highest BCUT2D eigenvalue weighted by atomic mass is 19.1. The molecule has 1 aliphatic rings. The van der Waals surface area contributed by atoms with E-state index in [0.29, 0.717) is 38.3 Å². The van der Waals surface area contributed by atoms with Crippen molar-refractivity contribution in [1.82, 2.24) is 4.90 Å². The molecule has 1 amide bonds. The zero-order chi connectivity index (χ0) is 15.9. The third-order valence-corrected chi connectivity index (χ3v) is 3.63. The number of ether oxygens (including phenoxy) is 2. The van der Waals surface area contributed by atoms with Crippen molar-refractivity contribution < 1.29 is 23.5 Å². The van der Waals surface area contributed by atoms with E-state index < -0.39 is 5.82 Å². The van der Waals surface area contributed by atoms with Crippen LogP contribution in [0, 0.1) is 11.7 Å². The maximum absolute atomic E-state index is 13.0. The molecule has 0 bridgehead atoms. The number of amides is 1. The summed E-state index contributed by atoms with van der Waals surface area (Å²) in [5.41, 5.74) is 0. The van der Waals surface area contributed by atoms with E-state index in [1.165, 1.54) is 18.2 Å². The fourth-order valence-corrected chi connectivity index (χ4v) is 2.42. The van der Waals surface area contributed by atoms with Crippen LogP contribution in [0.4, 0.5) is 4.39 Å². The van der Waals surface area contributed by atoms with Crippen LogP contribution in [0.15, 0.2) is 24.3 Å². The average molecular weight is 309 g/mol. The van der Waals surface area contributed by atoms with Gasteiger partial charge in [0, 0.05) is 19.2 Å². The van der Waals surface area contributed by atoms with Gasteiger partial charge in [-0.1, -0.05) is 6.07 Å².